The molecule has 3 nitrogen and oxygen atoms in total. The van der Waals surface area contributed by atoms with Crippen molar-refractivity contribution < 1.29 is 9.90 Å². The predicted octanol–water partition coefficient (Wildman–Crippen LogP) is 3.93. The number of nitrogens with zero attached hydrogens (tertiary/aromatic N) is 1. The fraction of sp³-hybridized carbons (Fsp3) is 0.600. The zero-order valence-corrected chi connectivity index (χ0v) is 12.0. The monoisotopic (exact) mass is 277 g/mol. The number of thiazole rings is 1. The van der Waals surface area contributed by atoms with Crippen molar-refractivity contribution in [2.75, 3.05) is 0 Å². The summed E-state index contributed by atoms with van der Waals surface area (Å²) in [5, 5.41) is 10.3. The Kier molecular flexibility index (Phi) is 3.21. The van der Waals surface area contributed by atoms with E-state index in [1.54, 1.807) is 0 Å². The molecule has 2 atom stereocenters. The summed E-state index contributed by atoms with van der Waals surface area (Å²) >= 11 is 1.41. The standard InChI is InChI=1S/C15H19NO2S/c1-10-12(13(17)18)19-14(16-10)15-7-4-2-3-5-11(9-15)6-8-15/h2-3,11H,4-9H2,1H3,(H,17,18)/b3-2+. The molecule has 4 heteroatoms. The van der Waals surface area contributed by atoms with E-state index in [1.807, 2.05) is 6.92 Å². The highest BCUT2D eigenvalue weighted by atomic mass is 32.1. The number of hydrogen-bond acceptors (Lipinski definition) is 3. The van der Waals surface area contributed by atoms with Crippen LogP contribution in [-0.4, -0.2) is 16.1 Å². The molecule has 2 bridgehead atoms. The molecule has 3 rings (SSSR count). The molecule has 1 heterocycles. The summed E-state index contributed by atoms with van der Waals surface area (Å²) < 4.78 is 0. The highest BCUT2D eigenvalue weighted by Gasteiger charge is 2.42. The lowest BCUT2D eigenvalue weighted by Gasteiger charge is -2.27. The van der Waals surface area contributed by atoms with E-state index >= 15 is 0 Å². The lowest BCUT2D eigenvalue weighted by molar-refractivity contribution is 0.0701. The molecule has 0 radical (unpaired) electrons. The van der Waals surface area contributed by atoms with Crippen LogP contribution in [0.4, 0.5) is 0 Å². The van der Waals surface area contributed by atoms with Gasteiger partial charge < -0.3 is 5.11 Å². The van der Waals surface area contributed by atoms with E-state index in [9.17, 15) is 9.90 Å². The number of rotatable bonds is 2. The van der Waals surface area contributed by atoms with Gasteiger partial charge in [0.05, 0.1) is 10.7 Å². The van der Waals surface area contributed by atoms with Crippen LogP contribution in [0.2, 0.25) is 0 Å². The fourth-order valence-corrected chi connectivity index (χ4v) is 4.71. The largest absolute Gasteiger partial charge is 0.477 e. The Labute approximate surface area is 117 Å². The zero-order valence-electron chi connectivity index (χ0n) is 11.2. The molecule has 0 saturated heterocycles. The average molecular weight is 277 g/mol. The number of allylic oxidation sites excluding steroid dienone is 2. The first kappa shape index (κ1) is 12.9. The number of aromatic carboxylic acids is 1. The van der Waals surface area contributed by atoms with Crippen LogP contribution in [0.25, 0.3) is 0 Å². The molecule has 0 spiro atoms. The lowest BCUT2D eigenvalue weighted by Crippen LogP contribution is -2.23. The molecule has 0 amide bonds. The molecular formula is C15H19NO2S. The SMILES string of the molecule is Cc1nc(C23CC/C=C/CC(CC2)C3)sc1C(=O)O. The highest BCUT2D eigenvalue weighted by molar-refractivity contribution is 7.13. The number of carbonyl (C=O) groups is 1. The van der Waals surface area contributed by atoms with Gasteiger partial charge in [0.25, 0.3) is 0 Å². The van der Waals surface area contributed by atoms with Gasteiger partial charge in [0.15, 0.2) is 0 Å². The minimum atomic E-state index is -0.835. The van der Waals surface area contributed by atoms with Gasteiger partial charge in [0.2, 0.25) is 0 Å². The van der Waals surface area contributed by atoms with Gasteiger partial charge in [-0.15, -0.1) is 11.3 Å². The van der Waals surface area contributed by atoms with E-state index in [1.165, 1.54) is 37.0 Å². The van der Waals surface area contributed by atoms with Gasteiger partial charge in [0.1, 0.15) is 4.88 Å². The molecule has 102 valence electrons. The van der Waals surface area contributed by atoms with Crippen LogP contribution in [-0.2, 0) is 5.41 Å². The van der Waals surface area contributed by atoms with Gasteiger partial charge in [-0.2, -0.15) is 0 Å². The van der Waals surface area contributed by atoms with E-state index < -0.39 is 5.97 Å². The molecular weight excluding hydrogens is 258 g/mol. The van der Waals surface area contributed by atoms with Crippen LogP contribution in [0.5, 0.6) is 0 Å². The first-order chi connectivity index (χ1) is 9.11. The summed E-state index contributed by atoms with van der Waals surface area (Å²) in [6.45, 7) is 1.81. The number of carboxylic acid groups (broad SMARTS) is 1. The van der Waals surface area contributed by atoms with Gasteiger partial charge in [-0.3, -0.25) is 0 Å². The number of carboxylic acids is 1. The molecule has 19 heavy (non-hydrogen) atoms. The van der Waals surface area contributed by atoms with Gasteiger partial charge >= 0.3 is 5.97 Å². The molecule has 0 aliphatic heterocycles. The smallest absolute Gasteiger partial charge is 0.347 e. The Morgan fingerprint density at radius 3 is 3.05 bits per heavy atom. The third-order valence-electron chi connectivity index (χ3n) is 4.58. The summed E-state index contributed by atoms with van der Waals surface area (Å²) in [5.74, 6) is -0.0769. The van der Waals surface area contributed by atoms with Crippen LogP contribution >= 0.6 is 11.3 Å². The summed E-state index contributed by atoms with van der Waals surface area (Å²) in [4.78, 5) is 16.2. The van der Waals surface area contributed by atoms with Crippen LogP contribution < -0.4 is 0 Å². The number of aryl methyl sites for hydroxylation is 1. The fourth-order valence-electron chi connectivity index (χ4n) is 3.55. The molecule has 1 N–H and O–H groups in total. The Hall–Kier alpha value is -1.16. The second kappa shape index (κ2) is 4.75. The van der Waals surface area contributed by atoms with Crippen LogP contribution in [0.15, 0.2) is 12.2 Å². The number of fused-ring (bicyclic) bond motifs is 2. The van der Waals surface area contributed by atoms with Crippen molar-refractivity contribution in [1.29, 1.82) is 0 Å². The number of aromatic nitrogens is 1. The molecule has 1 saturated carbocycles. The van der Waals surface area contributed by atoms with E-state index in [4.69, 9.17) is 0 Å². The van der Waals surface area contributed by atoms with Crippen molar-refractivity contribution in [2.24, 2.45) is 5.92 Å². The van der Waals surface area contributed by atoms with Crippen molar-refractivity contribution in [2.45, 2.75) is 50.9 Å². The molecule has 1 aromatic heterocycles. The molecule has 2 unspecified atom stereocenters. The Balaban J connectivity index is 1.97. The van der Waals surface area contributed by atoms with Crippen molar-refractivity contribution >= 4 is 17.3 Å². The minimum Gasteiger partial charge on any atom is -0.477 e. The van der Waals surface area contributed by atoms with E-state index in [0.29, 0.717) is 10.6 Å². The maximum Gasteiger partial charge on any atom is 0.347 e. The van der Waals surface area contributed by atoms with Gasteiger partial charge in [0, 0.05) is 5.41 Å². The van der Waals surface area contributed by atoms with Crippen LogP contribution in [0.3, 0.4) is 0 Å². The molecule has 2 aliphatic rings. The van der Waals surface area contributed by atoms with Gasteiger partial charge in [-0.1, -0.05) is 12.2 Å². The molecule has 0 aromatic carbocycles. The topological polar surface area (TPSA) is 50.2 Å². The molecule has 1 fully saturated rings. The third kappa shape index (κ3) is 2.22. The maximum atomic E-state index is 11.2. The highest BCUT2D eigenvalue weighted by Crippen LogP contribution is 2.50. The first-order valence-electron chi connectivity index (χ1n) is 6.97. The van der Waals surface area contributed by atoms with E-state index in [2.05, 4.69) is 17.1 Å². The van der Waals surface area contributed by atoms with Gasteiger partial charge in [-0.25, -0.2) is 9.78 Å². The lowest BCUT2D eigenvalue weighted by atomic mass is 9.80. The molecule has 2 aliphatic carbocycles. The Morgan fingerprint density at radius 2 is 2.32 bits per heavy atom. The zero-order chi connectivity index (χ0) is 13.5. The normalized spacial score (nSPS) is 31.7. The second-order valence-corrected chi connectivity index (χ2v) is 6.87. The minimum absolute atomic E-state index is 0.151. The van der Waals surface area contributed by atoms with Crippen LogP contribution in [0, 0.1) is 12.8 Å². The predicted molar refractivity (Wildman–Crippen MR) is 75.8 cm³/mol. The average Bonchev–Trinajstić information content (AvgIpc) is 2.91. The molecule has 1 aromatic rings. The summed E-state index contributed by atoms with van der Waals surface area (Å²) in [5.41, 5.74) is 0.835. The Bertz CT molecular complexity index is 534. The maximum absolute atomic E-state index is 11.2. The summed E-state index contributed by atoms with van der Waals surface area (Å²) in [6.07, 6.45) is 11.6. The van der Waals surface area contributed by atoms with Gasteiger partial charge in [-0.05, 0) is 51.4 Å². The quantitative estimate of drug-likeness (QED) is 0.833. The van der Waals surface area contributed by atoms with Crippen molar-refractivity contribution in [3.63, 3.8) is 0 Å². The van der Waals surface area contributed by atoms with E-state index in [0.717, 1.165) is 23.8 Å². The third-order valence-corrected chi connectivity index (χ3v) is 5.97. The van der Waals surface area contributed by atoms with E-state index in [-0.39, 0.29) is 5.41 Å². The summed E-state index contributed by atoms with van der Waals surface area (Å²) in [6, 6.07) is 0. The van der Waals surface area contributed by atoms with Crippen molar-refractivity contribution in [3.8, 4) is 0 Å². The van der Waals surface area contributed by atoms with Crippen molar-refractivity contribution in [1.82, 2.24) is 4.98 Å². The summed E-state index contributed by atoms with van der Waals surface area (Å²) in [7, 11) is 0. The van der Waals surface area contributed by atoms with Crippen LogP contribution in [0.1, 0.15) is 58.9 Å². The first-order valence-corrected chi connectivity index (χ1v) is 7.78. The Morgan fingerprint density at radius 1 is 1.47 bits per heavy atom. The number of hydrogen-bond donors (Lipinski definition) is 1. The van der Waals surface area contributed by atoms with Crippen molar-refractivity contribution in [3.05, 3.63) is 27.7 Å². The second-order valence-electron chi connectivity index (χ2n) is 5.87.